The van der Waals surface area contributed by atoms with E-state index in [2.05, 4.69) is 4.98 Å². The van der Waals surface area contributed by atoms with E-state index in [1.165, 1.54) is 4.57 Å². The van der Waals surface area contributed by atoms with E-state index in [4.69, 9.17) is 9.47 Å². The molecule has 1 spiro atoms. The average molecular weight is 351 g/mol. The summed E-state index contributed by atoms with van der Waals surface area (Å²) >= 11 is 0. The van der Waals surface area contributed by atoms with Gasteiger partial charge in [-0.1, -0.05) is 0 Å². The van der Waals surface area contributed by atoms with Gasteiger partial charge in [0.1, 0.15) is 0 Å². The number of hydrogen-bond acceptors (Lipinski definition) is 7. The summed E-state index contributed by atoms with van der Waals surface area (Å²) < 4.78 is 11.7. The topological polar surface area (TPSA) is 93.9 Å². The lowest BCUT2D eigenvalue weighted by Gasteiger charge is -2.45. The molecular formula is C17H25N3O5. The van der Waals surface area contributed by atoms with Crippen LogP contribution in [-0.2, 0) is 16.5 Å². The zero-order valence-corrected chi connectivity index (χ0v) is 14.8. The van der Waals surface area contributed by atoms with E-state index in [-0.39, 0.29) is 17.7 Å². The van der Waals surface area contributed by atoms with Crippen LogP contribution in [0.25, 0.3) is 0 Å². The van der Waals surface area contributed by atoms with Crippen molar-refractivity contribution in [1.29, 1.82) is 0 Å². The lowest BCUT2D eigenvalue weighted by Crippen LogP contribution is -2.48. The predicted molar refractivity (Wildman–Crippen MR) is 91.0 cm³/mol. The van der Waals surface area contributed by atoms with Crippen molar-refractivity contribution in [2.45, 2.75) is 32.6 Å². The van der Waals surface area contributed by atoms with Gasteiger partial charge in [0.25, 0.3) is 5.56 Å². The maximum atomic E-state index is 12.3. The Labute approximate surface area is 146 Å². The number of anilines is 1. The molecule has 8 nitrogen and oxygen atoms in total. The van der Waals surface area contributed by atoms with Gasteiger partial charge in [-0.15, -0.1) is 0 Å². The molecule has 1 aromatic heterocycles. The Morgan fingerprint density at radius 3 is 2.76 bits per heavy atom. The Bertz CT molecular complexity index is 703. The van der Waals surface area contributed by atoms with Gasteiger partial charge in [-0.05, 0) is 38.0 Å². The van der Waals surface area contributed by atoms with Gasteiger partial charge in [0, 0.05) is 33.4 Å². The molecule has 8 heteroatoms. The summed E-state index contributed by atoms with van der Waals surface area (Å²) in [6.07, 6.45) is 4.09. The highest BCUT2D eigenvalue weighted by Gasteiger charge is 2.38. The van der Waals surface area contributed by atoms with E-state index in [9.17, 15) is 14.7 Å². The quantitative estimate of drug-likeness (QED) is 0.814. The van der Waals surface area contributed by atoms with Gasteiger partial charge in [-0.3, -0.25) is 9.36 Å². The highest BCUT2D eigenvalue weighted by atomic mass is 16.5. The fourth-order valence-corrected chi connectivity index (χ4v) is 3.79. The Morgan fingerprint density at radius 1 is 1.36 bits per heavy atom. The van der Waals surface area contributed by atoms with Crippen LogP contribution in [0.3, 0.4) is 0 Å². The van der Waals surface area contributed by atoms with Gasteiger partial charge in [0.15, 0.2) is 5.69 Å². The maximum absolute atomic E-state index is 12.3. The highest BCUT2D eigenvalue weighted by molar-refractivity contribution is 5.90. The summed E-state index contributed by atoms with van der Waals surface area (Å²) in [7, 11) is 1.56. The number of hydrogen-bond donors (Lipinski definition) is 1. The molecular weight excluding hydrogens is 326 g/mol. The van der Waals surface area contributed by atoms with Crippen molar-refractivity contribution >= 4 is 11.9 Å². The fourth-order valence-electron chi connectivity index (χ4n) is 3.79. The zero-order chi connectivity index (χ0) is 18.0. The van der Waals surface area contributed by atoms with Crippen LogP contribution in [0, 0.1) is 5.41 Å². The minimum absolute atomic E-state index is 0.150. The van der Waals surface area contributed by atoms with Gasteiger partial charge in [0.05, 0.1) is 6.61 Å². The Hall–Kier alpha value is -2.09. The molecule has 0 unspecified atom stereocenters. The smallest absolute Gasteiger partial charge is 0.361 e. The summed E-state index contributed by atoms with van der Waals surface area (Å²) in [4.78, 5) is 30.7. The predicted octanol–water partition coefficient (Wildman–Crippen LogP) is 1.06. The number of carbonyl (C=O) groups is 1. The maximum Gasteiger partial charge on any atom is 0.361 e. The van der Waals surface area contributed by atoms with Crippen molar-refractivity contribution in [2.24, 2.45) is 12.5 Å². The van der Waals surface area contributed by atoms with Crippen molar-refractivity contribution < 1.29 is 19.4 Å². The third kappa shape index (κ3) is 3.35. The van der Waals surface area contributed by atoms with E-state index >= 15 is 0 Å². The van der Waals surface area contributed by atoms with Crippen molar-refractivity contribution in [3.8, 4) is 5.75 Å². The highest BCUT2D eigenvalue weighted by Crippen LogP contribution is 2.40. The second-order valence-corrected chi connectivity index (χ2v) is 6.83. The lowest BCUT2D eigenvalue weighted by molar-refractivity contribution is 0.00725. The number of piperidine rings is 1. The van der Waals surface area contributed by atoms with Gasteiger partial charge < -0.3 is 19.5 Å². The normalized spacial score (nSPS) is 19.8. The molecule has 2 fully saturated rings. The molecule has 0 atom stereocenters. The van der Waals surface area contributed by atoms with Crippen LogP contribution < -0.4 is 10.5 Å². The van der Waals surface area contributed by atoms with Crippen LogP contribution in [0.2, 0.25) is 0 Å². The number of esters is 1. The molecule has 3 rings (SSSR count). The molecule has 0 saturated carbocycles. The van der Waals surface area contributed by atoms with Gasteiger partial charge in [0.2, 0.25) is 11.7 Å². The fraction of sp³-hybridized carbons (Fsp3) is 0.706. The van der Waals surface area contributed by atoms with E-state index in [0.29, 0.717) is 5.95 Å². The minimum Gasteiger partial charge on any atom is -0.501 e. The van der Waals surface area contributed by atoms with Gasteiger partial charge >= 0.3 is 5.97 Å². The van der Waals surface area contributed by atoms with E-state index in [1.807, 2.05) is 4.90 Å². The third-order valence-electron chi connectivity index (χ3n) is 5.21. The van der Waals surface area contributed by atoms with Crippen molar-refractivity contribution in [1.82, 2.24) is 9.55 Å². The number of aromatic hydroxyl groups is 1. The standard InChI is InChI=1S/C17H25N3O5/c1-3-25-15(23)12-13(21)14(22)19(2)16(18-12)20-8-4-5-17(11-20)6-9-24-10-7-17/h21H,3-11H2,1-2H3. The second-order valence-electron chi connectivity index (χ2n) is 6.83. The molecule has 1 N–H and O–H groups in total. The van der Waals surface area contributed by atoms with Crippen molar-refractivity contribution in [2.75, 3.05) is 37.8 Å². The van der Waals surface area contributed by atoms with E-state index in [0.717, 1.165) is 52.0 Å². The van der Waals surface area contributed by atoms with Crippen molar-refractivity contribution in [3.63, 3.8) is 0 Å². The number of nitrogens with zero attached hydrogens (tertiary/aromatic N) is 3. The molecule has 0 aliphatic carbocycles. The molecule has 0 aromatic carbocycles. The van der Waals surface area contributed by atoms with Crippen LogP contribution in [0.1, 0.15) is 43.1 Å². The number of ether oxygens (including phenoxy) is 2. The molecule has 25 heavy (non-hydrogen) atoms. The monoisotopic (exact) mass is 351 g/mol. The first-order valence-corrected chi connectivity index (χ1v) is 8.77. The first-order chi connectivity index (χ1) is 12.0. The minimum atomic E-state index is -0.781. The van der Waals surface area contributed by atoms with Crippen LogP contribution in [0.5, 0.6) is 5.75 Å². The zero-order valence-electron chi connectivity index (χ0n) is 14.8. The summed E-state index contributed by atoms with van der Waals surface area (Å²) in [6, 6.07) is 0. The number of rotatable bonds is 3. The molecule has 0 bridgehead atoms. The van der Waals surface area contributed by atoms with E-state index < -0.39 is 17.3 Å². The Morgan fingerprint density at radius 2 is 2.08 bits per heavy atom. The van der Waals surface area contributed by atoms with Gasteiger partial charge in [-0.25, -0.2) is 9.78 Å². The first-order valence-electron chi connectivity index (χ1n) is 8.77. The summed E-state index contributed by atoms with van der Waals surface area (Å²) in [5.41, 5.74) is -0.790. The summed E-state index contributed by atoms with van der Waals surface area (Å²) in [5.74, 6) is -1.05. The SMILES string of the molecule is CCOC(=O)c1nc(N2CCCC3(CCOCC3)C2)n(C)c(=O)c1O. The second kappa shape index (κ2) is 7.03. The largest absolute Gasteiger partial charge is 0.501 e. The third-order valence-corrected chi connectivity index (χ3v) is 5.21. The number of aromatic nitrogens is 2. The van der Waals surface area contributed by atoms with Crippen LogP contribution in [0.4, 0.5) is 5.95 Å². The summed E-state index contributed by atoms with van der Waals surface area (Å²) in [6.45, 7) is 4.85. The van der Waals surface area contributed by atoms with Crippen LogP contribution in [-0.4, -0.2) is 53.5 Å². The molecule has 3 heterocycles. The van der Waals surface area contributed by atoms with E-state index in [1.54, 1.807) is 14.0 Å². The Kier molecular flexibility index (Phi) is 4.99. The molecule has 2 aliphatic rings. The first kappa shape index (κ1) is 17.7. The molecule has 2 saturated heterocycles. The number of carbonyl (C=O) groups excluding carboxylic acids is 1. The Balaban J connectivity index is 1.95. The average Bonchev–Trinajstić information content (AvgIpc) is 2.61. The van der Waals surface area contributed by atoms with Gasteiger partial charge in [-0.2, -0.15) is 0 Å². The van der Waals surface area contributed by atoms with Crippen molar-refractivity contribution in [3.05, 3.63) is 16.0 Å². The summed E-state index contributed by atoms with van der Waals surface area (Å²) in [5, 5.41) is 10.0. The molecule has 0 amide bonds. The molecule has 0 radical (unpaired) electrons. The molecule has 138 valence electrons. The lowest BCUT2D eigenvalue weighted by atomic mass is 9.74. The van der Waals surface area contributed by atoms with Crippen LogP contribution in [0.15, 0.2) is 4.79 Å². The molecule has 1 aromatic rings. The molecule has 2 aliphatic heterocycles. The van der Waals surface area contributed by atoms with Crippen LogP contribution >= 0.6 is 0 Å².